The Kier molecular flexibility index (Phi) is 4.56. The Morgan fingerprint density at radius 1 is 1.30 bits per heavy atom. The van der Waals surface area contributed by atoms with Gasteiger partial charge in [-0.25, -0.2) is 4.98 Å². The van der Waals surface area contributed by atoms with Crippen LogP contribution in [-0.4, -0.2) is 24.7 Å². The molecule has 1 aromatic carbocycles. The van der Waals surface area contributed by atoms with Gasteiger partial charge in [-0.05, 0) is 31.2 Å². The topological polar surface area (TPSA) is 48.4 Å². The highest BCUT2D eigenvalue weighted by atomic mass is 16.5. The van der Waals surface area contributed by atoms with E-state index in [4.69, 9.17) is 9.47 Å². The van der Waals surface area contributed by atoms with Gasteiger partial charge in [0.25, 0.3) is 0 Å². The Balaban J connectivity index is 2.16. The van der Waals surface area contributed by atoms with E-state index in [1.165, 1.54) is 0 Å². The molecule has 2 rings (SSSR count). The number of fused-ring (bicyclic) bond motifs is 1. The molecule has 4 heteroatoms. The predicted molar refractivity (Wildman–Crippen MR) is 76.4 cm³/mol. The van der Waals surface area contributed by atoms with Crippen LogP contribution in [0.5, 0.6) is 5.88 Å². The van der Waals surface area contributed by atoms with Crippen molar-refractivity contribution in [3.8, 4) is 17.7 Å². The average Bonchev–Trinajstić information content (AvgIpc) is 2.47. The molecule has 0 atom stereocenters. The zero-order chi connectivity index (χ0) is 14.4. The number of carbonyl (C=O) groups is 1. The Morgan fingerprint density at radius 2 is 2.15 bits per heavy atom. The van der Waals surface area contributed by atoms with Crippen molar-refractivity contribution in [3.63, 3.8) is 0 Å². The van der Waals surface area contributed by atoms with Gasteiger partial charge in [0.2, 0.25) is 5.88 Å². The SMILES string of the molecule is CCOC(=O)CC#Cc1ccc2nc(OC)ccc2c1. The summed E-state index contributed by atoms with van der Waals surface area (Å²) >= 11 is 0. The van der Waals surface area contributed by atoms with Gasteiger partial charge in [-0.3, -0.25) is 4.79 Å². The average molecular weight is 269 g/mol. The van der Waals surface area contributed by atoms with Crippen LogP contribution in [-0.2, 0) is 9.53 Å². The molecule has 1 aromatic heterocycles. The maximum absolute atomic E-state index is 11.2. The van der Waals surface area contributed by atoms with Gasteiger partial charge in [0.1, 0.15) is 6.42 Å². The minimum Gasteiger partial charge on any atom is -0.481 e. The van der Waals surface area contributed by atoms with Crippen LogP contribution in [0.4, 0.5) is 0 Å². The molecule has 102 valence electrons. The fraction of sp³-hybridized carbons (Fsp3) is 0.250. The number of benzene rings is 1. The molecule has 0 amide bonds. The molecule has 0 saturated heterocycles. The van der Waals surface area contributed by atoms with E-state index in [0.717, 1.165) is 16.5 Å². The van der Waals surface area contributed by atoms with Crippen LogP contribution in [0.3, 0.4) is 0 Å². The molecule has 0 aliphatic rings. The summed E-state index contributed by atoms with van der Waals surface area (Å²) in [6, 6.07) is 9.41. The third-order valence-electron chi connectivity index (χ3n) is 2.64. The summed E-state index contributed by atoms with van der Waals surface area (Å²) in [5.74, 6) is 6.03. The van der Waals surface area contributed by atoms with Crippen LogP contribution >= 0.6 is 0 Å². The number of hydrogen-bond acceptors (Lipinski definition) is 4. The van der Waals surface area contributed by atoms with Crippen molar-refractivity contribution in [2.24, 2.45) is 0 Å². The Bertz CT molecular complexity index is 683. The van der Waals surface area contributed by atoms with Gasteiger partial charge in [-0.2, -0.15) is 0 Å². The van der Waals surface area contributed by atoms with Crippen LogP contribution in [0.15, 0.2) is 30.3 Å². The number of hydrogen-bond donors (Lipinski definition) is 0. The van der Waals surface area contributed by atoms with Crippen molar-refractivity contribution in [2.45, 2.75) is 13.3 Å². The lowest BCUT2D eigenvalue weighted by Gasteiger charge is -2.01. The van der Waals surface area contributed by atoms with E-state index >= 15 is 0 Å². The van der Waals surface area contributed by atoms with E-state index in [1.807, 2.05) is 24.3 Å². The largest absolute Gasteiger partial charge is 0.481 e. The summed E-state index contributed by atoms with van der Waals surface area (Å²) < 4.78 is 9.89. The molecule has 0 bridgehead atoms. The molecule has 20 heavy (non-hydrogen) atoms. The number of ether oxygens (including phenoxy) is 2. The molecular weight excluding hydrogens is 254 g/mol. The van der Waals surface area contributed by atoms with Crippen LogP contribution in [0.2, 0.25) is 0 Å². The molecule has 4 nitrogen and oxygen atoms in total. The highest BCUT2D eigenvalue weighted by Gasteiger charge is 1.99. The lowest BCUT2D eigenvalue weighted by Crippen LogP contribution is -2.01. The summed E-state index contributed by atoms with van der Waals surface area (Å²) in [4.78, 5) is 15.5. The maximum Gasteiger partial charge on any atom is 0.317 e. The third kappa shape index (κ3) is 3.48. The minimum atomic E-state index is -0.299. The summed E-state index contributed by atoms with van der Waals surface area (Å²) in [5.41, 5.74) is 1.69. The molecular formula is C16H15NO3. The Labute approximate surface area is 117 Å². The maximum atomic E-state index is 11.2. The van der Waals surface area contributed by atoms with E-state index in [9.17, 15) is 4.79 Å². The van der Waals surface area contributed by atoms with Gasteiger partial charge >= 0.3 is 5.97 Å². The second-order valence-electron chi connectivity index (χ2n) is 4.04. The first-order valence-corrected chi connectivity index (χ1v) is 6.32. The number of pyridine rings is 1. The van der Waals surface area contributed by atoms with E-state index in [2.05, 4.69) is 16.8 Å². The van der Waals surface area contributed by atoms with Crippen molar-refractivity contribution < 1.29 is 14.3 Å². The third-order valence-corrected chi connectivity index (χ3v) is 2.64. The molecule has 0 aliphatic heterocycles. The number of nitrogens with zero attached hydrogens (tertiary/aromatic N) is 1. The van der Waals surface area contributed by atoms with Crippen LogP contribution in [0.1, 0.15) is 18.9 Å². The molecule has 2 aromatic rings. The van der Waals surface area contributed by atoms with Gasteiger partial charge in [0, 0.05) is 17.0 Å². The number of aromatic nitrogens is 1. The van der Waals surface area contributed by atoms with Crippen LogP contribution < -0.4 is 4.74 Å². The smallest absolute Gasteiger partial charge is 0.317 e. The first kappa shape index (κ1) is 13.9. The zero-order valence-corrected chi connectivity index (χ0v) is 11.5. The monoisotopic (exact) mass is 269 g/mol. The molecule has 0 N–H and O–H groups in total. The lowest BCUT2D eigenvalue weighted by molar-refractivity contribution is -0.141. The molecule has 0 unspecified atom stereocenters. The summed E-state index contributed by atoms with van der Waals surface area (Å²) in [6.07, 6.45) is 0.104. The molecule has 0 aliphatic carbocycles. The Hall–Kier alpha value is -2.54. The quantitative estimate of drug-likeness (QED) is 0.634. The minimum absolute atomic E-state index is 0.104. The Morgan fingerprint density at radius 3 is 2.90 bits per heavy atom. The molecule has 0 radical (unpaired) electrons. The summed E-state index contributed by atoms with van der Waals surface area (Å²) in [6.45, 7) is 2.15. The number of rotatable bonds is 3. The fourth-order valence-corrected chi connectivity index (χ4v) is 1.73. The van der Waals surface area contributed by atoms with Crippen molar-refractivity contribution in [2.75, 3.05) is 13.7 Å². The molecule has 0 saturated carbocycles. The fourth-order valence-electron chi connectivity index (χ4n) is 1.73. The van der Waals surface area contributed by atoms with E-state index in [1.54, 1.807) is 20.1 Å². The molecule has 1 heterocycles. The summed E-state index contributed by atoms with van der Waals surface area (Å²) in [5, 5.41) is 0.980. The van der Waals surface area contributed by atoms with Crippen LogP contribution in [0, 0.1) is 11.8 Å². The van der Waals surface area contributed by atoms with Gasteiger partial charge in [-0.15, -0.1) is 0 Å². The van der Waals surface area contributed by atoms with Crippen molar-refractivity contribution >= 4 is 16.9 Å². The normalized spacial score (nSPS) is 9.70. The highest BCUT2D eigenvalue weighted by molar-refractivity contribution is 5.81. The first-order chi connectivity index (χ1) is 9.72. The zero-order valence-electron chi connectivity index (χ0n) is 11.5. The van der Waals surface area contributed by atoms with E-state index < -0.39 is 0 Å². The summed E-state index contributed by atoms with van der Waals surface area (Å²) in [7, 11) is 1.59. The predicted octanol–water partition coefficient (Wildman–Crippen LogP) is 2.55. The van der Waals surface area contributed by atoms with E-state index in [-0.39, 0.29) is 12.4 Å². The lowest BCUT2D eigenvalue weighted by atomic mass is 10.1. The van der Waals surface area contributed by atoms with Crippen molar-refractivity contribution in [1.29, 1.82) is 0 Å². The second kappa shape index (κ2) is 6.58. The standard InChI is InChI=1S/C16H15NO3/c1-3-20-16(18)6-4-5-12-7-9-14-13(11-12)8-10-15(17-14)19-2/h7-11H,3,6H2,1-2H3. The van der Waals surface area contributed by atoms with Crippen molar-refractivity contribution in [1.82, 2.24) is 4.98 Å². The molecule has 0 fully saturated rings. The number of methoxy groups -OCH3 is 1. The second-order valence-corrected chi connectivity index (χ2v) is 4.04. The van der Waals surface area contributed by atoms with Gasteiger partial charge in [0.05, 0.1) is 19.2 Å². The highest BCUT2D eigenvalue weighted by Crippen LogP contribution is 2.17. The van der Waals surface area contributed by atoms with Gasteiger partial charge in [0.15, 0.2) is 0 Å². The number of carbonyl (C=O) groups excluding carboxylic acids is 1. The van der Waals surface area contributed by atoms with E-state index in [0.29, 0.717) is 12.5 Å². The van der Waals surface area contributed by atoms with Crippen molar-refractivity contribution in [3.05, 3.63) is 35.9 Å². The van der Waals surface area contributed by atoms with Gasteiger partial charge < -0.3 is 9.47 Å². The molecule has 0 spiro atoms. The first-order valence-electron chi connectivity index (χ1n) is 6.32. The number of esters is 1. The van der Waals surface area contributed by atoms with Crippen LogP contribution in [0.25, 0.3) is 10.9 Å². The van der Waals surface area contributed by atoms with Gasteiger partial charge in [-0.1, -0.05) is 11.8 Å².